The van der Waals surface area contributed by atoms with Crippen LogP contribution in [0, 0.1) is 11.3 Å². The zero-order chi connectivity index (χ0) is 13.1. The van der Waals surface area contributed by atoms with E-state index in [9.17, 15) is 4.79 Å². The molecule has 0 atom stereocenters. The van der Waals surface area contributed by atoms with Crippen LogP contribution in [0.4, 0.5) is 5.69 Å². The van der Waals surface area contributed by atoms with Crippen molar-refractivity contribution in [1.82, 2.24) is 5.32 Å². The Morgan fingerprint density at radius 2 is 2.12 bits per heavy atom. The number of carbonyl (C=O) groups is 1. The van der Waals surface area contributed by atoms with Crippen molar-refractivity contribution in [1.29, 1.82) is 5.26 Å². The zero-order valence-electron chi connectivity index (χ0n) is 9.97. The van der Waals surface area contributed by atoms with Crippen LogP contribution in [0.5, 0.6) is 0 Å². The Hall–Kier alpha value is -1.57. The van der Waals surface area contributed by atoms with Gasteiger partial charge in [0.1, 0.15) is 6.07 Å². The number of benzene rings is 1. The summed E-state index contributed by atoms with van der Waals surface area (Å²) in [6, 6.07) is 6.74. The lowest BCUT2D eigenvalue weighted by Crippen LogP contribution is -2.47. The van der Waals surface area contributed by atoms with Crippen LogP contribution in [0.25, 0.3) is 0 Å². The summed E-state index contributed by atoms with van der Waals surface area (Å²) < 4.78 is 0. The standard InChI is InChI=1S/C12H14ClN3O/c1-12(2,15-3)11(17)16-9-5-4-8(7-14)10(13)6-9/h4-6,15H,1-3H3,(H,16,17). The van der Waals surface area contributed by atoms with E-state index in [0.717, 1.165) is 0 Å². The summed E-state index contributed by atoms with van der Waals surface area (Å²) in [7, 11) is 1.71. The average Bonchev–Trinajstić information content (AvgIpc) is 2.29. The van der Waals surface area contributed by atoms with Crippen molar-refractivity contribution in [2.24, 2.45) is 0 Å². The molecule has 1 rings (SSSR count). The van der Waals surface area contributed by atoms with Crippen molar-refractivity contribution in [3.8, 4) is 6.07 Å². The van der Waals surface area contributed by atoms with Crippen molar-refractivity contribution >= 4 is 23.2 Å². The van der Waals surface area contributed by atoms with Crippen LogP contribution in [0.15, 0.2) is 18.2 Å². The minimum absolute atomic E-state index is 0.166. The first-order chi connectivity index (χ1) is 7.90. The fourth-order valence-electron chi connectivity index (χ4n) is 1.08. The second-order valence-corrected chi connectivity index (χ2v) is 4.54. The molecular weight excluding hydrogens is 238 g/mol. The topological polar surface area (TPSA) is 64.9 Å². The molecule has 0 bridgehead atoms. The number of nitriles is 1. The predicted molar refractivity (Wildman–Crippen MR) is 67.9 cm³/mol. The van der Waals surface area contributed by atoms with Crippen molar-refractivity contribution in [2.75, 3.05) is 12.4 Å². The van der Waals surface area contributed by atoms with Gasteiger partial charge in [0, 0.05) is 5.69 Å². The van der Waals surface area contributed by atoms with E-state index in [0.29, 0.717) is 16.3 Å². The molecule has 1 aromatic carbocycles. The number of hydrogen-bond donors (Lipinski definition) is 2. The van der Waals surface area contributed by atoms with Crippen LogP contribution in [0.2, 0.25) is 5.02 Å². The first-order valence-electron chi connectivity index (χ1n) is 5.10. The number of amides is 1. The highest BCUT2D eigenvalue weighted by molar-refractivity contribution is 6.32. The zero-order valence-corrected chi connectivity index (χ0v) is 10.7. The van der Waals surface area contributed by atoms with Gasteiger partial charge in [-0.05, 0) is 39.1 Å². The molecule has 0 heterocycles. The van der Waals surface area contributed by atoms with Crippen LogP contribution in [-0.4, -0.2) is 18.5 Å². The largest absolute Gasteiger partial charge is 0.324 e. The normalized spacial score (nSPS) is 10.8. The molecule has 0 aliphatic carbocycles. The van der Waals surface area contributed by atoms with Gasteiger partial charge in [0.25, 0.3) is 0 Å². The Kier molecular flexibility index (Phi) is 4.11. The molecule has 0 saturated heterocycles. The van der Waals surface area contributed by atoms with E-state index in [1.807, 2.05) is 6.07 Å². The highest BCUT2D eigenvalue weighted by Crippen LogP contribution is 2.20. The molecule has 0 fully saturated rings. The summed E-state index contributed by atoms with van der Waals surface area (Å²) >= 11 is 5.87. The highest BCUT2D eigenvalue weighted by Gasteiger charge is 2.25. The van der Waals surface area contributed by atoms with Crippen LogP contribution in [0.3, 0.4) is 0 Å². The second kappa shape index (κ2) is 5.17. The molecule has 0 aliphatic heterocycles. The van der Waals surface area contributed by atoms with Gasteiger partial charge < -0.3 is 10.6 Å². The minimum Gasteiger partial charge on any atom is -0.324 e. The van der Waals surface area contributed by atoms with Gasteiger partial charge >= 0.3 is 0 Å². The molecule has 1 amide bonds. The molecule has 2 N–H and O–H groups in total. The summed E-state index contributed by atoms with van der Waals surface area (Å²) in [5, 5.41) is 14.7. The second-order valence-electron chi connectivity index (χ2n) is 4.14. The van der Waals surface area contributed by atoms with Crippen molar-refractivity contribution in [3.05, 3.63) is 28.8 Å². The summed E-state index contributed by atoms with van der Waals surface area (Å²) in [6.07, 6.45) is 0. The van der Waals surface area contributed by atoms with Crippen LogP contribution in [-0.2, 0) is 4.79 Å². The van der Waals surface area contributed by atoms with Crippen molar-refractivity contribution in [2.45, 2.75) is 19.4 Å². The Bertz CT molecular complexity index is 477. The fraction of sp³-hybridized carbons (Fsp3) is 0.333. The first-order valence-corrected chi connectivity index (χ1v) is 5.48. The maximum absolute atomic E-state index is 11.8. The molecule has 0 radical (unpaired) electrons. The number of nitrogens with zero attached hydrogens (tertiary/aromatic N) is 1. The SMILES string of the molecule is CNC(C)(C)C(=O)Nc1ccc(C#N)c(Cl)c1. The minimum atomic E-state index is -0.666. The number of carbonyl (C=O) groups excluding carboxylic acids is 1. The van der Waals surface area contributed by atoms with Crippen molar-refractivity contribution < 1.29 is 4.79 Å². The lowest BCUT2D eigenvalue weighted by atomic mass is 10.1. The molecule has 5 heteroatoms. The fourth-order valence-corrected chi connectivity index (χ4v) is 1.31. The molecule has 0 aliphatic rings. The van der Waals surface area contributed by atoms with Gasteiger partial charge in [-0.1, -0.05) is 11.6 Å². The van der Waals surface area contributed by atoms with Gasteiger partial charge in [-0.25, -0.2) is 0 Å². The summed E-state index contributed by atoms with van der Waals surface area (Å²) in [5.74, 6) is -0.166. The first kappa shape index (κ1) is 13.5. The highest BCUT2D eigenvalue weighted by atomic mass is 35.5. The summed E-state index contributed by atoms with van der Waals surface area (Å²) in [5.41, 5.74) is 0.292. The number of nitrogens with one attached hydrogen (secondary N) is 2. The van der Waals surface area contributed by atoms with E-state index >= 15 is 0 Å². The van der Waals surface area contributed by atoms with Crippen LogP contribution < -0.4 is 10.6 Å². The third-order valence-corrected chi connectivity index (χ3v) is 2.85. The molecule has 0 unspecified atom stereocenters. The van der Waals surface area contributed by atoms with Gasteiger partial charge in [0.15, 0.2) is 0 Å². The molecule has 17 heavy (non-hydrogen) atoms. The molecular formula is C12H14ClN3O. The maximum Gasteiger partial charge on any atom is 0.244 e. The van der Waals surface area contributed by atoms with Gasteiger partial charge in [0.05, 0.1) is 16.1 Å². The molecule has 0 aromatic heterocycles. The van der Waals surface area contributed by atoms with Gasteiger partial charge in [0.2, 0.25) is 5.91 Å². The smallest absolute Gasteiger partial charge is 0.244 e. The Morgan fingerprint density at radius 1 is 1.47 bits per heavy atom. The van der Waals surface area contributed by atoms with E-state index in [2.05, 4.69) is 10.6 Å². The Balaban J connectivity index is 2.88. The predicted octanol–water partition coefficient (Wildman–Crippen LogP) is 2.15. The molecule has 1 aromatic rings. The van der Waals surface area contributed by atoms with E-state index < -0.39 is 5.54 Å². The van der Waals surface area contributed by atoms with E-state index in [1.165, 1.54) is 0 Å². The third kappa shape index (κ3) is 3.19. The Morgan fingerprint density at radius 3 is 2.59 bits per heavy atom. The van der Waals surface area contributed by atoms with Gasteiger partial charge in [-0.3, -0.25) is 4.79 Å². The van der Waals surface area contributed by atoms with E-state index in [1.54, 1.807) is 39.1 Å². The number of likely N-dealkylation sites (N-methyl/N-ethyl adjacent to an activating group) is 1. The number of hydrogen-bond acceptors (Lipinski definition) is 3. The van der Waals surface area contributed by atoms with Crippen molar-refractivity contribution in [3.63, 3.8) is 0 Å². The molecule has 4 nitrogen and oxygen atoms in total. The third-order valence-electron chi connectivity index (χ3n) is 2.54. The number of halogens is 1. The number of anilines is 1. The quantitative estimate of drug-likeness (QED) is 0.865. The van der Waals surface area contributed by atoms with Gasteiger partial charge in [-0.15, -0.1) is 0 Å². The monoisotopic (exact) mass is 251 g/mol. The summed E-state index contributed by atoms with van der Waals surface area (Å²) in [4.78, 5) is 11.8. The van der Waals surface area contributed by atoms with Gasteiger partial charge in [-0.2, -0.15) is 5.26 Å². The lowest BCUT2D eigenvalue weighted by molar-refractivity contribution is -0.121. The summed E-state index contributed by atoms with van der Waals surface area (Å²) in [6.45, 7) is 3.54. The maximum atomic E-state index is 11.8. The Labute approximate surface area is 106 Å². The van der Waals surface area contributed by atoms with E-state index in [-0.39, 0.29) is 5.91 Å². The molecule has 90 valence electrons. The number of rotatable bonds is 3. The molecule has 0 spiro atoms. The lowest BCUT2D eigenvalue weighted by Gasteiger charge is -2.22. The van der Waals surface area contributed by atoms with Crippen LogP contribution >= 0.6 is 11.6 Å². The molecule has 0 saturated carbocycles. The van der Waals surface area contributed by atoms with E-state index in [4.69, 9.17) is 16.9 Å². The van der Waals surface area contributed by atoms with Crippen LogP contribution in [0.1, 0.15) is 19.4 Å². The average molecular weight is 252 g/mol.